The van der Waals surface area contributed by atoms with Crippen LogP contribution in [-0.2, 0) is 14.3 Å². The first-order valence-electron chi connectivity index (χ1n) is 6.72. The minimum Gasteiger partial charge on any atom is -0.378 e. The molecule has 8 heteroatoms. The van der Waals surface area contributed by atoms with Crippen LogP contribution in [0.2, 0.25) is 5.02 Å². The maximum atomic E-state index is 12.0. The minimum atomic E-state index is -0.175. The molecule has 2 rings (SSSR count). The van der Waals surface area contributed by atoms with E-state index in [1.165, 1.54) is 6.92 Å². The van der Waals surface area contributed by atoms with Gasteiger partial charge in [-0.25, -0.2) is 0 Å². The summed E-state index contributed by atoms with van der Waals surface area (Å²) in [7, 11) is 0. The topological polar surface area (TPSA) is 79.5 Å². The Labute approximate surface area is 140 Å². The third kappa shape index (κ3) is 5.81. The van der Waals surface area contributed by atoms with Crippen LogP contribution >= 0.6 is 24.0 Å². The van der Waals surface area contributed by atoms with E-state index in [4.69, 9.17) is 16.3 Å². The van der Waals surface area contributed by atoms with Gasteiger partial charge in [0.1, 0.15) is 0 Å². The molecule has 0 saturated carbocycles. The number of carbonyl (C=O) groups excluding carboxylic acids is 2. The van der Waals surface area contributed by atoms with Crippen molar-refractivity contribution in [2.75, 3.05) is 30.4 Å². The van der Waals surface area contributed by atoms with Crippen LogP contribution in [0, 0.1) is 0 Å². The number of amides is 2. The molecule has 1 atom stereocenters. The number of carbonyl (C=O) groups is 2. The van der Waals surface area contributed by atoms with Crippen molar-refractivity contribution in [2.24, 2.45) is 0 Å². The molecule has 22 heavy (non-hydrogen) atoms. The Morgan fingerprint density at radius 2 is 2.18 bits per heavy atom. The fourth-order valence-electron chi connectivity index (χ4n) is 2.07. The third-order valence-electron chi connectivity index (χ3n) is 2.99. The molecule has 1 heterocycles. The maximum absolute atomic E-state index is 12.0. The third-order valence-corrected chi connectivity index (χ3v) is 3.31. The molecule has 1 unspecified atom stereocenters. The van der Waals surface area contributed by atoms with Gasteiger partial charge in [-0.05, 0) is 18.2 Å². The summed E-state index contributed by atoms with van der Waals surface area (Å²) in [4.78, 5) is 22.9. The summed E-state index contributed by atoms with van der Waals surface area (Å²) in [5, 5.41) is 8.98. The maximum Gasteiger partial charge on any atom is 0.226 e. The zero-order valence-electron chi connectivity index (χ0n) is 12.1. The highest BCUT2D eigenvalue weighted by Crippen LogP contribution is 2.25. The van der Waals surface area contributed by atoms with E-state index in [0.717, 1.165) is 6.54 Å². The SMILES string of the molecule is CC(=O)Nc1ccc(NC(=O)CC2COCCN2)c(Cl)c1.Cl. The van der Waals surface area contributed by atoms with Crippen LogP contribution in [0.4, 0.5) is 11.4 Å². The Kier molecular flexibility index (Phi) is 7.61. The van der Waals surface area contributed by atoms with Crippen LogP contribution < -0.4 is 16.0 Å². The summed E-state index contributed by atoms with van der Waals surface area (Å²) in [5.41, 5.74) is 1.11. The number of rotatable bonds is 4. The monoisotopic (exact) mass is 347 g/mol. The molecule has 122 valence electrons. The van der Waals surface area contributed by atoms with Gasteiger partial charge in [0.2, 0.25) is 11.8 Å². The van der Waals surface area contributed by atoms with Crippen LogP contribution in [0.25, 0.3) is 0 Å². The van der Waals surface area contributed by atoms with Crippen molar-refractivity contribution in [3.05, 3.63) is 23.2 Å². The van der Waals surface area contributed by atoms with Gasteiger partial charge in [-0.1, -0.05) is 11.6 Å². The molecule has 1 saturated heterocycles. The normalized spacial score (nSPS) is 17.3. The Morgan fingerprint density at radius 3 is 2.77 bits per heavy atom. The molecule has 0 aliphatic carbocycles. The quantitative estimate of drug-likeness (QED) is 0.778. The van der Waals surface area contributed by atoms with Crippen molar-refractivity contribution in [1.29, 1.82) is 0 Å². The van der Waals surface area contributed by atoms with Gasteiger partial charge in [0.15, 0.2) is 0 Å². The largest absolute Gasteiger partial charge is 0.378 e. The Bertz CT molecular complexity index is 534. The first-order valence-corrected chi connectivity index (χ1v) is 7.10. The summed E-state index contributed by atoms with van der Waals surface area (Å²) in [6.45, 7) is 3.38. The fraction of sp³-hybridized carbons (Fsp3) is 0.429. The summed E-state index contributed by atoms with van der Waals surface area (Å²) in [6.07, 6.45) is 0.323. The smallest absolute Gasteiger partial charge is 0.226 e. The highest BCUT2D eigenvalue weighted by molar-refractivity contribution is 6.34. The van der Waals surface area contributed by atoms with Gasteiger partial charge >= 0.3 is 0 Å². The highest BCUT2D eigenvalue weighted by atomic mass is 35.5. The van der Waals surface area contributed by atoms with Gasteiger partial charge < -0.3 is 20.7 Å². The number of morpholine rings is 1. The molecule has 0 bridgehead atoms. The van der Waals surface area contributed by atoms with Gasteiger partial charge in [-0.2, -0.15) is 0 Å². The summed E-state index contributed by atoms with van der Waals surface area (Å²) < 4.78 is 5.30. The molecule has 1 fully saturated rings. The predicted molar refractivity (Wildman–Crippen MR) is 88.9 cm³/mol. The first kappa shape index (κ1) is 18.7. The Balaban J connectivity index is 0.00000242. The average Bonchev–Trinajstić information content (AvgIpc) is 2.42. The van der Waals surface area contributed by atoms with E-state index in [9.17, 15) is 9.59 Å². The number of hydrogen-bond donors (Lipinski definition) is 3. The molecule has 0 radical (unpaired) electrons. The molecule has 3 N–H and O–H groups in total. The highest BCUT2D eigenvalue weighted by Gasteiger charge is 2.17. The van der Waals surface area contributed by atoms with Crippen LogP contribution in [0.3, 0.4) is 0 Å². The molecule has 6 nitrogen and oxygen atoms in total. The number of benzene rings is 1. The second-order valence-corrected chi connectivity index (χ2v) is 5.26. The fourth-order valence-corrected chi connectivity index (χ4v) is 2.30. The number of hydrogen-bond acceptors (Lipinski definition) is 4. The first-order chi connectivity index (χ1) is 10.0. The van der Waals surface area contributed by atoms with E-state index in [2.05, 4.69) is 16.0 Å². The van der Waals surface area contributed by atoms with Gasteiger partial charge in [0, 0.05) is 31.6 Å². The van der Waals surface area contributed by atoms with E-state index < -0.39 is 0 Å². The molecule has 1 aliphatic rings. The van der Waals surface area contributed by atoms with Crippen molar-refractivity contribution in [3.63, 3.8) is 0 Å². The van der Waals surface area contributed by atoms with Gasteiger partial charge in [0.05, 0.1) is 23.9 Å². The standard InChI is InChI=1S/C14H18ClN3O3.ClH/c1-9(19)17-10-2-3-13(12(15)6-10)18-14(20)7-11-8-21-5-4-16-11;/h2-3,6,11,16H,4-5,7-8H2,1H3,(H,17,19)(H,18,20);1H. The summed E-state index contributed by atoms with van der Waals surface area (Å²) >= 11 is 6.09. The second kappa shape index (κ2) is 8.95. The van der Waals surface area contributed by atoms with Crippen LogP contribution in [-0.4, -0.2) is 37.6 Å². The second-order valence-electron chi connectivity index (χ2n) is 4.85. The van der Waals surface area contributed by atoms with Crippen LogP contribution in [0.5, 0.6) is 0 Å². The average molecular weight is 348 g/mol. The molecule has 1 aromatic carbocycles. The van der Waals surface area contributed by atoms with Crippen molar-refractivity contribution >= 4 is 47.2 Å². The lowest BCUT2D eigenvalue weighted by Gasteiger charge is -2.23. The van der Waals surface area contributed by atoms with Crippen molar-refractivity contribution in [3.8, 4) is 0 Å². The summed E-state index contributed by atoms with van der Waals surface area (Å²) in [6, 6.07) is 4.97. The van der Waals surface area contributed by atoms with Crippen LogP contribution in [0.15, 0.2) is 18.2 Å². The van der Waals surface area contributed by atoms with Crippen molar-refractivity contribution in [1.82, 2.24) is 5.32 Å². The van der Waals surface area contributed by atoms with Crippen molar-refractivity contribution in [2.45, 2.75) is 19.4 Å². The Morgan fingerprint density at radius 1 is 1.41 bits per heavy atom. The molecule has 1 aliphatic heterocycles. The van der Waals surface area contributed by atoms with E-state index in [1.54, 1.807) is 18.2 Å². The molecule has 0 spiro atoms. The minimum absolute atomic E-state index is 0. The predicted octanol–water partition coefficient (Wildman–Crippen LogP) is 2.04. The summed E-state index contributed by atoms with van der Waals surface area (Å²) in [5.74, 6) is -0.307. The molecular weight excluding hydrogens is 329 g/mol. The lowest BCUT2D eigenvalue weighted by Crippen LogP contribution is -2.43. The molecule has 2 amide bonds. The molecule has 0 aromatic heterocycles. The van der Waals surface area contributed by atoms with Crippen molar-refractivity contribution < 1.29 is 14.3 Å². The van der Waals surface area contributed by atoms with E-state index in [1.807, 2.05) is 0 Å². The lowest BCUT2D eigenvalue weighted by atomic mass is 10.2. The Hall–Kier alpha value is -1.34. The van der Waals surface area contributed by atoms with E-state index in [-0.39, 0.29) is 30.3 Å². The number of nitrogens with one attached hydrogen (secondary N) is 3. The van der Waals surface area contributed by atoms with Gasteiger partial charge in [0.25, 0.3) is 0 Å². The number of halogens is 2. The molecule has 1 aromatic rings. The van der Waals surface area contributed by atoms with Gasteiger partial charge in [-0.3, -0.25) is 9.59 Å². The zero-order valence-corrected chi connectivity index (χ0v) is 13.7. The van der Waals surface area contributed by atoms with Crippen LogP contribution in [0.1, 0.15) is 13.3 Å². The number of ether oxygens (including phenoxy) is 1. The lowest BCUT2D eigenvalue weighted by molar-refractivity contribution is -0.117. The zero-order chi connectivity index (χ0) is 15.2. The van der Waals surface area contributed by atoms with E-state index >= 15 is 0 Å². The van der Waals surface area contributed by atoms with Gasteiger partial charge in [-0.15, -0.1) is 12.4 Å². The molecular formula is C14H19Cl2N3O3. The van der Waals surface area contributed by atoms with E-state index in [0.29, 0.717) is 36.0 Å². The number of anilines is 2.